The number of fused-ring (bicyclic) bond motifs is 1. The molecule has 0 bridgehead atoms. The molecule has 1 saturated heterocycles. The number of oxazole rings is 1. The smallest absolute Gasteiger partial charge is 0.408 e. The molecule has 7 heteroatoms. The minimum Gasteiger partial charge on any atom is -0.408 e. The number of hydrogen-bond donors (Lipinski definition) is 1. The number of likely N-dealkylation sites (tertiary alicyclic amines) is 1. The van der Waals surface area contributed by atoms with E-state index in [9.17, 15) is 9.59 Å². The first kappa shape index (κ1) is 14.7. The molecule has 2 aromatic heterocycles. The summed E-state index contributed by atoms with van der Waals surface area (Å²) in [6, 6.07) is 7.07. The van der Waals surface area contributed by atoms with Gasteiger partial charge in [-0.2, -0.15) is 0 Å². The van der Waals surface area contributed by atoms with Crippen LogP contribution in [0, 0.1) is 6.92 Å². The van der Waals surface area contributed by atoms with E-state index in [4.69, 9.17) is 4.42 Å². The van der Waals surface area contributed by atoms with Crippen LogP contribution in [-0.2, 0) is 11.3 Å². The SMILES string of the molecule is Cc1cnc([C@H]2CCCN2C(=O)Cn2c(=O)oc3ccccc32)[nH]1. The second-order valence-electron chi connectivity index (χ2n) is 6.12. The number of rotatable bonds is 3. The summed E-state index contributed by atoms with van der Waals surface area (Å²) in [5.74, 6) is 0.206. The first-order chi connectivity index (χ1) is 11.6. The number of nitrogens with zero attached hydrogens (tertiary/aromatic N) is 3. The number of nitrogens with one attached hydrogen (secondary N) is 1. The largest absolute Gasteiger partial charge is 0.420 e. The highest BCUT2D eigenvalue weighted by atomic mass is 16.4. The quantitative estimate of drug-likeness (QED) is 0.798. The van der Waals surface area contributed by atoms with Crippen LogP contribution in [0.4, 0.5) is 0 Å². The molecule has 7 nitrogen and oxygen atoms in total. The Morgan fingerprint density at radius 1 is 1.42 bits per heavy atom. The summed E-state index contributed by atoms with van der Waals surface area (Å²) in [4.78, 5) is 34.2. The first-order valence-corrected chi connectivity index (χ1v) is 8.03. The molecule has 0 spiro atoms. The van der Waals surface area contributed by atoms with Gasteiger partial charge in [0.1, 0.15) is 12.4 Å². The predicted octanol–water partition coefficient (Wildman–Crippen LogP) is 1.99. The summed E-state index contributed by atoms with van der Waals surface area (Å²) in [5, 5.41) is 0. The van der Waals surface area contributed by atoms with Gasteiger partial charge in [-0.25, -0.2) is 9.78 Å². The molecule has 1 atom stereocenters. The standard InChI is InChI=1S/C17H18N4O3/c1-11-9-18-16(19-11)13-6-4-8-20(13)15(22)10-21-12-5-2-3-7-14(12)24-17(21)23/h2-3,5,7,9,13H,4,6,8,10H2,1H3,(H,18,19)/t13-/m1/s1. The monoisotopic (exact) mass is 326 g/mol. The summed E-state index contributed by atoms with van der Waals surface area (Å²) < 4.78 is 6.58. The fraction of sp³-hybridized carbons (Fsp3) is 0.353. The van der Waals surface area contributed by atoms with E-state index in [1.54, 1.807) is 29.3 Å². The van der Waals surface area contributed by atoms with E-state index in [1.165, 1.54) is 4.57 Å². The van der Waals surface area contributed by atoms with E-state index in [-0.39, 0.29) is 18.5 Å². The van der Waals surface area contributed by atoms with Crippen LogP contribution in [0.25, 0.3) is 11.1 Å². The molecule has 1 fully saturated rings. The topological polar surface area (TPSA) is 84.1 Å². The van der Waals surface area contributed by atoms with Gasteiger partial charge in [0.2, 0.25) is 5.91 Å². The molecule has 24 heavy (non-hydrogen) atoms. The number of aromatic nitrogens is 3. The van der Waals surface area contributed by atoms with Crippen molar-refractivity contribution in [3.8, 4) is 0 Å². The van der Waals surface area contributed by atoms with Gasteiger partial charge < -0.3 is 14.3 Å². The number of aryl methyl sites for hydroxylation is 1. The van der Waals surface area contributed by atoms with Gasteiger partial charge in [0.15, 0.2) is 5.58 Å². The number of para-hydroxylation sites is 2. The fourth-order valence-corrected chi connectivity index (χ4v) is 3.34. The van der Waals surface area contributed by atoms with Crippen molar-refractivity contribution in [3.05, 3.63) is 52.5 Å². The van der Waals surface area contributed by atoms with E-state index in [1.807, 2.05) is 13.0 Å². The number of H-pyrrole nitrogens is 1. The summed E-state index contributed by atoms with van der Waals surface area (Å²) in [6.45, 7) is 2.59. The van der Waals surface area contributed by atoms with Crippen molar-refractivity contribution in [2.45, 2.75) is 32.4 Å². The van der Waals surface area contributed by atoms with Crippen molar-refractivity contribution in [1.82, 2.24) is 19.4 Å². The van der Waals surface area contributed by atoms with Gasteiger partial charge in [-0.15, -0.1) is 0 Å². The Hall–Kier alpha value is -2.83. The third kappa shape index (κ3) is 2.42. The zero-order chi connectivity index (χ0) is 16.7. The van der Waals surface area contributed by atoms with Gasteiger partial charge in [0, 0.05) is 18.4 Å². The second kappa shape index (κ2) is 5.67. The van der Waals surface area contributed by atoms with Gasteiger partial charge >= 0.3 is 5.76 Å². The Morgan fingerprint density at radius 2 is 2.25 bits per heavy atom. The zero-order valence-corrected chi connectivity index (χ0v) is 13.4. The van der Waals surface area contributed by atoms with Crippen molar-refractivity contribution in [3.63, 3.8) is 0 Å². The Balaban J connectivity index is 1.61. The molecule has 1 amide bonds. The molecule has 0 aliphatic carbocycles. The van der Waals surface area contributed by atoms with Crippen LogP contribution < -0.4 is 5.76 Å². The van der Waals surface area contributed by atoms with Crippen LogP contribution in [0.3, 0.4) is 0 Å². The van der Waals surface area contributed by atoms with E-state index in [0.717, 1.165) is 24.4 Å². The molecule has 4 rings (SSSR count). The lowest BCUT2D eigenvalue weighted by Crippen LogP contribution is -2.35. The average molecular weight is 326 g/mol. The van der Waals surface area contributed by atoms with Gasteiger partial charge in [0.25, 0.3) is 0 Å². The van der Waals surface area contributed by atoms with Crippen molar-refractivity contribution < 1.29 is 9.21 Å². The number of carbonyl (C=O) groups is 1. The van der Waals surface area contributed by atoms with Crippen LogP contribution in [-0.4, -0.2) is 31.9 Å². The normalized spacial score (nSPS) is 17.7. The maximum atomic E-state index is 12.8. The number of benzene rings is 1. The molecule has 3 aromatic rings. The van der Waals surface area contributed by atoms with Crippen molar-refractivity contribution in [2.75, 3.05) is 6.54 Å². The number of hydrogen-bond acceptors (Lipinski definition) is 4. The highest BCUT2D eigenvalue weighted by Crippen LogP contribution is 2.30. The Bertz CT molecular complexity index is 952. The molecule has 0 unspecified atom stereocenters. The minimum atomic E-state index is -0.505. The molecule has 124 valence electrons. The van der Waals surface area contributed by atoms with Gasteiger partial charge in [-0.3, -0.25) is 9.36 Å². The average Bonchev–Trinajstić information content (AvgIpc) is 3.27. The highest BCUT2D eigenvalue weighted by molar-refractivity contribution is 5.80. The van der Waals surface area contributed by atoms with Crippen LogP contribution in [0.5, 0.6) is 0 Å². The fourth-order valence-electron chi connectivity index (χ4n) is 3.34. The number of amides is 1. The first-order valence-electron chi connectivity index (χ1n) is 8.03. The molecule has 0 saturated carbocycles. The molecule has 3 heterocycles. The van der Waals surface area contributed by atoms with Gasteiger partial charge in [-0.05, 0) is 31.9 Å². The summed E-state index contributed by atoms with van der Waals surface area (Å²) in [5.41, 5.74) is 2.11. The van der Waals surface area contributed by atoms with E-state index in [0.29, 0.717) is 17.6 Å². The molecule has 0 radical (unpaired) electrons. The molecular formula is C17H18N4O3. The lowest BCUT2D eigenvalue weighted by Gasteiger charge is -2.23. The summed E-state index contributed by atoms with van der Waals surface area (Å²) in [6.07, 6.45) is 3.57. The third-order valence-corrected chi connectivity index (χ3v) is 4.48. The molecule has 1 N–H and O–H groups in total. The van der Waals surface area contributed by atoms with Gasteiger partial charge in [-0.1, -0.05) is 12.1 Å². The second-order valence-corrected chi connectivity index (χ2v) is 6.12. The summed E-state index contributed by atoms with van der Waals surface area (Å²) in [7, 11) is 0. The van der Waals surface area contributed by atoms with Crippen LogP contribution >= 0.6 is 0 Å². The zero-order valence-electron chi connectivity index (χ0n) is 13.4. The lowest BCUT2D eigenvalue weighted by atomic mass is 10.2. The van der Waals surface area contributed by atoms with E-state index >= 15 is 0 Å². The maximum absolute atomic E-state index is 12.8. The van der Waals surface area contributed by atoms with Crippen molar-refractivity contribution in [2.24, 2.45) is 0 Å². The molecule has 1 aliphatic rings. The van der Waals surface area contributed by atoms with Crippen molar-refractivity contribution >= 4 is 17.0 Å². The van der Waals surface area contributed by atoms with Crippen molar-refractivity contribution in [1.29, 1.82) is 0 Å². The van der Waals surface area contributed by atoms with Gasteiger partial charge in [0.05, 0.1) is 11.6 Å². The molecule has 1 aliphatic heterocycles. The number of aromatic amines is 1. The Morgan fingerprint density at radius 3 is 3.04 bits per heavy atom. The number of carbonyl (C=O) groups excluding carboxylic acids is 1. The third-order valence-electron chi connectivity index (χ3n) is 4.48. The summed E-state index contributed by atoms with van der Waals surface area (Å²) >= 11 is 0. The molecule has 1 aromatic carbocycles. The van der Waals surface area contributed by atoms with E-state index < -0.39 is 5.76 Å². The maximum Gasteiger partial charge on any atom is 0.420 e. The highest BCUT2D eigenvalue weighted by Gasteiger charge is 2.32. The van der Waals surface area contributed by atoms with Crippen LogP contribution in [0.2, 0.25) is 0 Å². The lowest BCUT2D eigenvalue weighted by molar-refractivity contribution is -0.132. The van der Waals surface area contributed by atoms with Crippen LogP contribution in [0.15, 0.2) is 39.7 Å². The number of imidazole rings is 1. The molecular weight excluding hydrogens is 308 g/mol. The van der Waals surface area contributed by atoms with E-state index in [2.05, 4.69) is 9.97 Å². The Labute approximate surface area is 137 Å². The minimum absolute atomic E-state index is 0.0218. The predicted molar refractivity (Wildman–Crippen MR) is 87.5 cm³/mol. The Kier molecular flexibility index (Phi) is 3.48. The van der Waals surface area contributed by atoms with Crippen LogP contribution in [0.1, 0.15) is 30.4 Å².